The summed E-state index contributed by atoms with van der Waals surface area (Å²) in [6.07, 6.45) is 19.1. The van der Waals surface area contributed by atoms with Crippen LogP contribution in [0.25, 0.3) is 0 Å². The van der Waals surface area contributed by atoms with Crippen molar-refractivity contribution in [2.75, 3.05) is 13.2 Å². The molecule has 1 N–H and O–H groups in total. The molecule has 0 aromatic rings. The number of fused-ring (bicyclic) bond motifs is 1. The summed E-state index contributed by atoms with van der Waals surface area (Å²) in [4.78, 5) is 0. The third kappa shape index (κ3) is 9.83. The van der Waals surface area contributed by atoms with Gasteiger partial charge in [-0.25, -0.2) is 0 Å². The molecule has 0 spiro atoms. The first-order valence-electron chi connectivity index (χ1n) is 13.9. The Labute approximate surface area is 202 Å². The fourth-order valence-electron chi connectivity index (χ4n) is 5.56. The van der Waals surface area contributed by atoms with Crippen LogP contribution in [0.2, 0.25) is 17.7 Å². The van der Waals surface area contributed by atoms with Gasteiger partial charge in [-0.15, -0.1) is 0 Å². The van der Waals surface area contributed by atoms with Crippen molar-refractivity contribution in [3.63, 3.8) is 0 Å². The van der Waals surface area contributed by atoms with E-state index < -0.39 is 18.4 Å². The van der Waals surface area contributed by atoms with Crippen LogP contribution in [0.15, 0.2) is 12.3 Å². The van der Waals surface area contributed by atoms with Gasteiger partial charge in [-0.3, -0.25) is 0 Å². The van der Waals surface area contributed by atoms with E-state index in [1.807, 2.05) is 6.26 Å². The van der Waals surface area contributed by atoms with Crippen LogP contribution in [0.1, 0.15) is 97.8 Å². The molecule has 2 heterocycles. The monoisotopic (exact) mass is 560 g/mol. The van der Waals surface area contributed by atoms with Crippen molar-refractivity contribution in [2.45, 2.75) is 140 Å². The number of hydrogen-bond donors (Lipinski definition) is 1. The number of aliphatic hydroxyl groups is 1. The number of aliphatic hydroxyl groups excluding tert-OH is 1. The van der Waals surface area contributed by atoms with Crippen molar-refractivity contribution in [2.24, 2.45) is 0 Å². The van der Waals surface area contributed by atoms with Crippen molar-refractivity contribution >= 4 is 18.4 Å². The Morgan fingerprint density at radius 3 is 2.22 bits per heavy atom. The van der Waals surface area contributed by atoms with Crippen molar-refractivity contribution in [3.8, 4) is 0 Å². The first kappa shape index (κ1) is 28.5. The van der Waals surface area contributed by atoms with E-state index >= 15 is 0 Å². The zero-order valence-electron chi connectivity index (χ0n) is 21.4. The van der Waals surface area contributed by atoms with Crippen LogP contribution < -0.4 is 0 Å². The molecule has 0 amide bonds. The molecule has 4 nitrogen and oxygen atoms in total. The van der Waals surface area contributed by atoms with E-state index in [1.165, 1.54) is 43.0 Å². The molecule has 32 heavy (non-hydrogen) atoms. The normalized spacial score (nSPS) is 26.8. The third-order valence-electron chi connectivity index (χ3n) is 7.61. The molecule has 0 radical (unpaired) electrons. The summed E-state index contributed by atoms with van der Waals surface area (Å²) in [6, 6.07) is 0. The van der Waals surface area contributed by atoms with Crippen LogP contribution in [0.3, 0.4) is 0 Å². The molecule has 0 aromatic carbocycles. The van der Waals surface area contributed by atoms with E-state index in [9.17, 15) is 5.11 Å². The Morgan fingerprint density at radius 1 is 0.906 bits per heavy atom. The minimum absolute atomic E-state index is 0.0667. The van der Waals surface area contributed by atoms with Crippen molar-refractivity contribution in [1.82, 2.24) is 0 Å². The van der Waals surface area contributed by atoms with Gasteiger partial charge < -0.3 is 0 Å². The van der Waals surface area contributed by atoms with E-state index in [0.717, 1.165) is 45.1 Å². The minimum atomic E-state index is -2.14. The predicted octanol–water partition coefficient (Wildman–Crippen LogP) is 7.23. The summed E-state index contributed by atoms with van der Waals surface area (Å²) in [7, 11) is 0. The zero-order valence-corrected chi connectivity index (χ0v) is 24.2. The molecule has 2 rings (SSSR count). The fourth-order valence-corrected chi connectivity index (χ4v) is 20.6. The van der Waals surface area contributed by atoms with E-state index in [-0.39, 0.29) is 31.0 Å². The summed E-state index contributed by atoms with van der Waals surface area (Å²) in [6.45, 7) is 8.11. The summed E-state index contributed by atoms with van der Waals surface area (Å²) in [5.74, 6) is 0. The maximum absolute atomic E-state index is 9.37. The predicted molar refractivity (Wildman–Crippen MR) is 137 cm³/mol. The summed E-state index contributed by atoms with van der Waals surface area (Å²) in [5.41, 5.74) is 0. The van der Waals surface area contributed by atoms with Crippen molar-refractivity contribution in [1.29, 1.82) is 0 Å². The number of unbranched alkanes of at least 4 members (excludes halogenated alkanes) is 3. The second kappa shape index (κ2) is 16.8. The van der Waals surface area contributed by atoms with Gasteiger partial charge in [-0.1, -0.05) is 0 Å². The quantitative estimate of drug-likeness (QED) is 0.160. The average molecular weight is 559 g/mol. The number of allylic oxidation sites excluding steroid dienone is 1. The van der Waals surface area contributed by atoms with Crippen LogP contribution in [0.5, 0.6) is 0 Å². The Balaban J connectivity index is 1.99. The second-order valence-electron chi connectivity index (χ2n) is 10.3. The van der Waals surface area contributed by atoms with Gasteiger partial charge in [0.1, 0.15) is 0 Å². The molecule has 2 saturated heterocycles. The SMILES string of the molecule is CCC[CH2][Sn]([CH2]/C=C\O[C@H]1CC[C@H]2OCCC[C@@H]2O[C@@H]1CCCO)([CH2]CCC)[CH2]CCC. The molecule has 2 aliphatic heterocycles. The van der Waals surface area contributed by atoms with Crippen LogP contribution in [0, 0.1) is 0 Å². The Morgan fingerprint density at radius 2 is 1.59 bits per heavy atom. The Hall–Kier alpha value is 0.219. The van der Waals surface area contributed by atoms with Crippen molar-refractivity contribution < 1.29 is 19.3 Å². The first-order valence-corrected chi connectivity index (χ1v) is 21.9. The Bertz CT molecular complexity index is 476. The zero-order chi connectivity index (χ0) is 23.1. The van der Waals surface area contributed by atoms with Crippen LogP contribution in [-0.4, -0.2) is 61.1 Å². The Kier molecular flexibility index (Phi) is 14.9. The standard InChI is InChI=1S/C15H25O4.3C4H9.Sn/c1-2-10-17-12-7-8-13-15(6-4-11-18-13)19-14(12)5-3-9-16;3*1-3-4-2;/h2,10,12-16H,1,3-9,11H2;3*1,3-4H2,2H3;/b10-2-;;;;/t12-,13+,14+,15-;;;;/m0..../s1. The fraction of sp³-hybridized carbons (Fsp3) is 0.926. The summed E-state index contributed by atoms with van der Waals surface area (Å²) in [5, 5.41) is 9.37. The van der Waals surface area contributed by atoms with Gasteiger partial charge in [0.2, 0.25) is 0 Å². The summed E-state index contributed by atoms with van der Waals surface area (Å²) < 4.78 is 24.9. The summed E-state index contributed by atoms with van der Waals surface area (Å²) >= 11 is -2.14. The maximum atomic E-state index is 9.37. The van der Waals surface area contributed by atoms with E-state index in [4.69, 9.17) is 14.2 Å². The van der Waals surface area contributed by atoms with Gasteiger partial charge in [0.15, 0.2) is 0 Å². The second-order valence-corrected chi connectivity index (χ2v) is 24.3. The molecule has 2 aliphatic rings. The molecule has 0 aliphatic carbocycles. The van der Waals surface area contributed by atoms with Crippen LogP contribution in [-0.2, 0) is 14.2 Å². The molecule has 4 atom stereocenters. The molecule has 5 heteroatoms. The number of hydrogen-bond acceptors (Lipinski definition) is 4. The molecule has 0 aromatic heterocycles. The van der Waals surface area contributed by atoms with Gasteiger partial charge in [0, 0.05) is 0 Å². The van der Waals surface area contributed by atoms with E-state index in [0.29, 0.717) is 0 Å². The van der Waals surface area contributed by atoms with Gasteiger partial charge in [0.05, 0.1) is 0 Å². The van der Waals surface area contributed by atoms with Gasteiger partial charge >= 0.3 is 203 Å². The average Bonchev–Trinajstić information content (AvgIpc) is 3.00. The molecule has 0 bridgehead atoms. The molecule has 0 unspecified atom stereocenters. The molecule has 188 valence electrons. The number of rotatable bonds is 16. The third-order valence-corrected chi connectivity index (χ3v) is 22.9. The molecule has 0 saturated carbocycles. The van der Waals surface area contributed by atoms with E-state index in [2.05, 4.69) is 26.8 Å². The van der Waals surface area contributed by atoms with Crippen LogP contribution >= 0.6 is 0 Å². The van der Waals surface area contributed by atoms with Gasteiger partial charge in [-0.05, 0) is 0 Å². The van der Waals surface area contributed by atoms with Crippen molar-refractivity contribution in [3.05, 3.63) is 12.3 Å². The first-order chi connectivity index (χ1) is 15.7. The van der Waals surface area contributed by atoms with Gasteiger partial charge in [0.25, 0.3) is 0 Å². The molecular weight excluding hydrogens is 507 g/mol. The topological polar surface area (TPSA) is 47.9 Å². The molecule has 2 fully saturated rings. The molecular formula is C27H52O4Sn. The van der Waals surface area contributed by atoms with Crippen LogP contribution in [0.4, 0.5) is 0 Å². The van der Waals surface area contributed by atoms with E-state index in [1.54, 1.807) is 13.3 Å². The number of ether oxygens (including phenoxy) is 3. The van der Waals surface area contributed by atoms with Gasteiger partial charge in [-0.2, -0.15) is 0 Å².